The highest BCUT2D eigenvalue weighted by atomic mass is 32.2. The van der Waals surface area contributed by atoms with E-state index in [1.807, 2.05) is 18.2 Å². The highest BCUT2D eigenvalue weighted by Crippen LogP contribution is 2.34. The average Bonchev–Trinajstić information content (AvgIpc) is 2.85. The van der Waals surface area contributed by atoms with Gasteiger partial charge in [-0.1, -0.05) is 6.07 Å². The highest BCUT2D eigenvalue weighted by molar-refractivity contribution is 7.99. The number of nitrogens with two attached hydrogens (primary N) is 1. The van der Waals surface area contributed by atoms with Crippen molar-refractivity contribution >= 4 is 17.7 Å². The summed E-state index contributed by atoms with van der Waals surface area (Å²) in [6, 6.07) is 5.57. The summed E-state index contributed by atoms with van der Waals surface area (Å²) in [7, 11) is 1.63. The fourth-order valence-corrected chi connectivity index (χ4v) is 2.48. The van der Waals surface area contributed by atoms with Crippen LogP contribution >= 0.6 is 11.8 Å². The van der Waals surface area contributed by atoms with Crippen LogP contribution in [0, 0.1) is 0 Å². The minimum atomic E-state index is -0.117. The van der Waals surface area contributed by atoms with Gasteiger partial charge >= 0.3 is 0 Å². The van der Waals surface area contributed by atoms with Gasteiger partial charge in [-0.25, -0.2) is 0 Å². The summed E-state index contributed by atoms with van der Waals surface area (Å²) in [5.41, 5.74) is 7.06. The Balaban J connectivity index is 1.89. The van der Waals surface area contributed by atoms with E-state index in [-0.39, 0.29) is 18.7 Å². The number of hydrogen-bond donors (Lipinski definition) is 2. The summed E-state index contributed by atoms with van der Waals surface area (Å²) in [4.78, 5) is 11.1. The largest absolute Gasteiger partial charge is 0.454 e. The smallest absolute Gasteiger partial charge is 0.231 e. The molecule has 0 saturated carbocycles. The van der Waals surface area contributed by atoms with Crippen molar-refractivity contribution in [2.45, 2.75) is 6.04 Å². The van der Waals surface area contributed by atoms with E-state index in [0.717, 1.165) is 17.1 Å². The van der Waals surface area contributed by atoms with Crippen LogP contribution in [0.3, 0.4) is 0 Å². The Morgan fingerprint density at radius 2 is 2.28 bits per heavy atom. The van der Waals surface area contributed by atoms with Gasteiger partial charge in [0.25, 0.3) is 0 Å². The predicted octanol–water partition coefficient (Wildman–Crippen LogP) is 0.894. The quantitative estimate of drug-likeness (QED) is 0.830. The molecular weight excluding hydrogens is 252 g/mol. The van der Waals surface area contributed by atoms with Gasteiger partial charge < -0.3 is 20.5 Å². The zero-order valence-electron chi connectivity index (χ0n) is 10.1. The molecule has 98 valence electrons. The number of hydrogen-bond acceptors (Lipinski definition) is 5. The van der Waals surface area contributed by atoms with E-state index >= 15 is 0 Å². The second-order valence-corrected chi connectivity index (χ2v) is 4.94. The van der Waals surface area contributed by atoms with Crippen molar-refractivity contribution in [2.75, 3.05) is 25.3 Å². The fraction of sp³-hybridized carbons (Fsp3) is 0.417. The molecule has 3 N–H and O–H groups in total. The topological polar surface area (TPSA) is 73.6 Å². The number of fused-ring (bicyclic) bond motifs is 1. The average molecular weight is 268 g/mol. The van der Waals surface area contributed by atoms with E-state index in [4.69, 9.17) is 15.2 Å². The minimum Gasteiger partial charge on any atom is -0.454 e. The molecule has 0 aliphatic carbocycles. The zero-order valence-corrected chi connectivity index (χ0v) is 11.0. The van der Waals surface area contributed by atoms with Gasteiger partial charge in [0.05, 0.1) is 5.75 Å². The second kappa shape index (κ2) is 5.97. The van der Waals surface area contributed by atoms with Crippen LogP contribution in [0.5, 0.6) is 11.5 Å². The third kappa shape index (κ3) is 3.08. The SMILES string of the molecule is CNC(=O)CSCC(N)c1ccc2c(c1)OCO2. The Labute approximate surface area is 110 Å². The first-order chi connectivity index (χ1) is 8.70. The lowest BCUT2D eigenvalue weighted by molar-refractivity contribution is -0.118. The predicted molar refractivity (Wildman–Crippen MR) is 70.9 cm³/mol. The number of nitrogens with one attached hydrogen (secondary N) is 1. The second-order valence-electron chi connectivity index (χ2n) is 3.91. The Kier molecular flexibility index (Phi) is 4.33. The summed E-state index contributed by atoms with van der Waals surface area (Å²) in [5.74, 6) is 2.61. The molecular formula is C12H16N2O3S. The monoisotopic (exact) mass is 268 g/mol. The molecule has 6 heteroatoms. The lowest BCUT2D eigenvalue weighted by atomic mass is 10.1. The van der Waals surface area contributed by atoms with Crippen molar-refractivity contribution in [3.8, 4) is 11.5 Å². The standard InChI is InChI=1S/C12H16N2O3S/c1-14-12(15)6-18-5-9(13)8-2-3-10-11(4-8)17-7-16-10/h2-4,9H,5-7,13H2,1H3,(H,14,15). The molecule has 1 atom stereocenters. The van der Waals surface area contributed by atoms with Crippen molar-refractivity contribution in [3.05, 3.63) is 23.8 Å². The molecule has 1 aliphatic rings. The Morgan fingerprint density at radius 3 is 3.06 bits per heavy atom. The van der Waals surface area contributed by atoms with E-state index in [1.165, 1.54) is 11.8 Å². The third-order valence-electron chi connectivity index (χ3n) is 2.63. The van der Waals surface area contributed by atoms with Gasteiger partial charge in [0.1, 0.15) is 0 Å². The molecule has 1 unspecified atom stereocenters. The van der Waals surface area contributed by atoms with Crippen molar-refractivity contribution in [1.29, 1.82) is 0 Å². The molecule has 0 saturated heterocycles. The van der Waals surface area contributed by atoms with Crippen molar-refractivity contribution in [3.63, 3.8) is 0 Å². The Bertz CT molecular complexity index is 439. The van der Waals surface area contributed by atoms with Crippen molar-refractivity contribution < 1.29 is 14.3 Å². The maximum atomic E-state index is 11.1. The molecule has 2 rings (SSSR count). The first kappa shape index (κ1) is 13.0. The van der Waals surface area contributed by atoms with Crippen LogP contribution in [-0.4, -0.2) is 31.3 Å². The molecule has 18 heavy (non-hydrogen) atoms. The number of carbonyl (C=O) groups is 1. The molecule has 5 nitrogen and oxygen atoms in total. The van der Waals surface area contributed by atoms with Gasteiger partial charge in [-0.15, -0.1) is 0 Å². The first-order valence-electron chi connectivity index (χ1n) is 5.64. The van der Waals surface area contributed by atoms with E-state index in [0.29, 0.717) is 11.5 Å². The van der Waals surface area contributed by atoms with E-state index in [1.54, 1.807) is 7.05 Å². The number of amides is 1. The molecule has 0 aromatic heterocycles. The molecule has 1 aromatic carbocycles. The molecule has 0 bridgehead atoms. The number of ether oxygens (including phenoxy) is 2. The number of rotatable bonds is 5. The van der Waals surface area contributed by atoms with Gasteiger partial charge in [0.2, 0.25) is 12.7 Å². The van der Waals surface area contributed by atoms with Gasteiger partial charge in [-0.2, -0.15) is 11.8 Å². The van der Waals surface area contributed by atoms with Crippen molar-refractivity contribution in [1.82, 2.24) is 5.32 Å². The molecule has 0 radical (unpaired) electrons. The molecule has 1 aromatic rings. The third-order valence-corrected chi connectivity index (χ3v) is 3.70. The maximum Gasteiger partial charge on any atom is 0.231 e. The highest BCUT2D eigenvalue weighted by Gasteiger charge is 2.16. The van der Waals surface area contributed by atoms with Gasteiger partial charge in [0, 0.05) is 18.8 Å². The Hall–Kier alpha value is -1.40. The van der Waals surface area contributed by atoms with E-state index in [9.17, 15) is 4.79 Å². The summed E-state index contributed by atoms with van der Waals surface area (Å²) in [6.07, 6.45) is 0. The van der Waals surface area contributed by atoms with Gasteiger partial charge in [-0.05, 0) is 17.7 Å². The van der Waals surface area contributed by atoms with Crippen LogP contribution in [0.25, 0.3) is 0 Å². The lowest BCUT2D eigenvalue weighted by Gasteiger charge is -2.12. The molecule has 1 aliphatic heterocycles. The zero-order chi connectivity index (χ0) is 13.0. The minimum absolute atomic E-state index is 0.0119. The van der Waals surface area contributed by atoms with Crippen LogP contribution in [0.4, 0.5) is 0 Å². The summed E-state index contributed by atoms with van der Waals surface area (Å²) in [6.45, 7) is 0.263. The van der Waals surface area contributed by atoms with E-state index < -0.39 is 0 Å². The number of benzene rings is 1. The van der Waals surface area contributed by atoms with Crippen molar-refractivity contribution in [2.24, 2.45) is 5.73 Å². The first-order valence-corrected chi connectivity index (χ1v) is 6.79. The van der Waals surface area contributed by atoms with Gasteiger partial charge in [0.15, 0.2) is 11.5 Å². The van der Waals surface area contributed by atoms with Crippen LogP contribution in [0.1, 0.15) is 11.6 Å². The van der Waals surface area contributed by atoms with Crippen LogP contribution in [-0.2, 0) is 4.79 Å². The van der Waals surface area contributed by atoms with Crippen LogP contribution in [0.15, 0.2) is 18.2 Å². The summed E-state index contributed by atoms with van der Waals surface area (Å²) in [5, 5.41) is 2.58. The lowest BCUT2D eigenvalue weighted by Crippen LogP contribution is -2.21. The van der Waals surface area contributed by atoms with Crippen LogP contribution < -0.4 is 20.5 Å². The summed E-state index contributed by atoms with van der Waals surface area (Å²) >= 11 is 1.51. The fourth-order valence-electron chi connectivity index (χ4n) is 1.59. The molecule has 0 fully saturated rings. The molecule has 1 heterocycles. The summed E-state index contributed by atoms with van der Waals surface area (Å²) < 4.78 is 10.5. The van der Waals surface area contributed by atoms with Gasteiger partial charge in [-0.3, -0.25) is 4.79 Å². The maximum absolute atomic E-state index is 11.1. The number of thioether (sulfide) groups is 1. The number of carbonyl (C=O) groups excluding carboxylic acids is 1. The molecule has 1 amide bonds. The Morgan fingerprint density at radius 1 is 1.50 bits per heavy atom. The normalized spacial score (nSPS) is 14.3. The van der Waals surface area contributed by atoms with Crippen LogP contribution in [0.2, 0.25) is 0 Å². The van der Waals surface area contributed by atoms with E-state index in [2.05, 4.69) is 5.32 Å². The molecule has 0 spiro atoms.